The molecule has 2 heterocycles. The van der Waals surface area contributed by atoms with E-state index in [1.807, 2.05) is 18.2 Å². The average molecular weight is 706 g/mol. The molecule has 3 amide bonds. The Bertz CT molecular complexity index is 1920. The summed E-state index contributed by atoms with van der Waals surface area (Å²) in [5.41, 5.74) is 1.05. The fraction of sp³-hybridized carbons (Fsp3) is 0.286. The Morgan fingerprint density at radius 3 is 2.18 bits per heavy atom. The number of alkyl carbamates (subject to hydrolysis) is 1. The second-order valence-corrected chi connectivity index (χ2v) is 13.9. The number of hydrogen-bond donors (Lipinski definition) is 5. The van der Waals surface area contributed by atoms with Gasteiger partial charge in [-0.1, -0.05) is 84.9 Å². The number of aliphatic carboxylic acids is 2. The molecule has 262 valence electrons. The first kappa shape index (κ1) is 35.8. The van der Waals surface area contributed by atoms with E-state index >= 15 is 0 Å². The second kappa shape index (κ2) is 15.3. The zero-order valence-electron chi connectivity index (χ0n) is 26.6. The van der Waals surface area contributed by atoms with E-state index in [0.717, 1.165) is 5.56 Å². The molecule has 0 saturated carbocycles. The lowest BCUT2D eigenvalue weighted by atomic mass is 9.86. The number of ether oxygens (including phenoxy) is 1. The van der Waals surface area contributed by atoms with Gasteiger partial charge in [0.15, 0.2) is 15.2 Å². The van der Waals surface area contributed by atoms with Gasteiger partial charge < -0.3 is 30.7 Å². The number of fused-ring (bicyclic) bond motifs is 1. The minimum Gasteiger partial charge on any atom is -0.481 e. The van der Waals surface area contributed by atoms with E-state index in [2.05, 4.69) is 10.6 Å². The summed E-state index contributed by atoms with van der Waals surface area (Å²) in [5, 5.41) is 32.8. The number of nitrogens with one attached hydrogen (secondary N) is 2. The lowest BCUT2D eigenvalue weighted by Crippen LogP contribution is -2.75. The average Bonchev–Trinajstić information content (AvgIpc) is 3.09. The van der Waals surface area contributed by atoms with Crippen molar-refractivity contribution < 1.29 is 52.4 Å². The predicted octanol–water partition coefficient (Wildman–Crippen LogP) is 2.11. The zero-order valence-corrected chi connectivity index (χ0v) is 27.4. The first-order valence-electron chi connectivity index (χ1n) is 15.7. The number of β-lactam (4-membered cyclic amide) rings is 1. The number of carbonyl (C=O) groups is 5. The van der Waals surface area contributed by atoms with Crippen LogP contribution in [0.2, 0.25) is 0 Å². The van der Waals surface area contributed by atoms with Gasteiger partial charge in [0.2, 0.25) is 5.91 Å². The van der Waals surface area contributed by atoms with E-state index in [9.17, 15) is 47.7 Å². The smallest absolute Gasteiger partial charge is 0.407 e. The molecule has 1 fully saturated rings. The van der Waals surface area contributed by atoms with Crippen LogP contribution in [0.4, 0.5) is 4.79 Å². The third kappa shape index (κ3) is 7.68. The van der Waals surface area contributed by atoms with Gasteiger partial charge in [-0.3, -0.25) is 19.3 Å². The highest BCUT2D eigenvalue weighted by Crippen LogP contribution is 2.37. The van der Waals surface area contributed by atoms with Crippen LogP contribution in [0.3, 0.4) is 0 Å². The summed E-state index contributed by atoms with van der Waals surface area (Å²) in [5.74, 6) is -7.38. The molecule has 0 aromatic heterocycles. The van der Waals surface area contributed by atoms with Crippen LogP contribution < -0.4 is 10.6 Å². The summed E-state index contributed by atoms with van der Waals surface area (Å²) < 4.78 is 31.4. The quantitative estimate of drug-likeness (QED) is 0.121. The molecule has 2 aliphatic heterocycles. The van der Waals surface area contributed by atoms with Crippen molar-refractivity contribution in [1.82, 2.24) is 15.5 Å². The van der Waals surface area contributed by atoms with Gasteiger partial charge in [0, 0.05) is 12.1 Å². The van der Waals surface area contributed by atoms with Crippen LogP contribution >= 0.6 is 0 Å². The van der Waals surface area contributed by atoms with Crippen LogP contribution in [-0.2, 0) is 40.4 Å². The van der Waals surface area contributed by atoms with E-state index < -0.39 is 81.0 Å². The Hall–Kier alpha value is -5.54. The van der Waals surface area contributed by atoms with Crippen molar-refractivity contribution in [3.8, 4) is 0 Å². The summed E-state index contributed by atoms with van der Waals surface area (Å²) in [6.07, 6.45) is -0.382. The maximum Gasteiger partial charge on any atom is 0.407 e. The first-order valence-corrected chi connectivity index (χ1v) is 17.4. The highest BCUT2D eigenvalue weighted by molar-refractivity contribution is 7.92. The van der Waals surface area contributed by atoms with Crippen molar-refractivity contribution in [3.05, 3.63) is 118 Å². The van der Waals surface area contributed by atoms with E-state index in [4.69, 9.17) is 4.74 Å². The maximum absolute atomic E-state index is 13.9. The standard InChI is InChI=1S/C35H35N3O11S/c39-18-25-20-50(47,48)32-28(31(41)38(32)29(25)34(44)45)37-30(40)26(15-8-16-36-35(46)49-19-21-9-3-1-4-10-21)23-13-7-14-24(17-23)27(33(42)43)22-11-5-2-6-12-22/h1-7,9-14,17,26-28,32,39H,8,15-16,18-20H2,(H,36,46)(H,37,40)(H,42,43)(H,44,45)/t26?,27?,28-,32-/m0/s1. The monoisotopic (exact) mass is 705 g/mol. The third-order valence-corrected chi connectivity index (χ3v) is 10.5. The fourth-order valence-electron chi connectivity index (χ4n) is 6.20. The highest BCUT2D eigenvalue weighted by atomic mass is 32.2. The molecule has 15 heteroatoms. The van der Waals surface area contributed by atoms with Gasteiger partial charge in [-0.2, -0.15) is 0 Å². The summed E-state index contributed by atoms with van der Waals surface area (Å²) >= 11 is 0. The maximum atomic E-state index is 13.9. The molecule has 1 saturated heterocycles. The van der Waals surface area contributed by atoms with Gasteiger partial charge >= 0.3 is 18.0 Å². The topological polar surface area (TPSA) is 217 Å². The van der Waals surface area contributed by atoms with Crippen molar-refractivity contribution in [2.24, 2.45) is 0 Å². The lowest BCUT2D eigenvalue weighted by Gasteiger charge is -2.49. The minimum atomic E-state index is -4.20. The molecule has 3 aromatic rings. The number of carbonyl (C=O) groups excluding carboxylic acids is 3. The first-order chi connectivity index (χ1) is 23.9. The molecule has 14 nitrogen and oxygen atoms in total. The second-order valence-electron chi connectivity index (χ2n) is 11.8. The highest BCUT2D eigenvalue weighted by Gasteiger charge is 2.60. The Morgan fingerprint density at radius 1 is 0.900 bits per heavy atom. The van der Waals surface area contributed by atoms with Crippen LogP contribution in [0.1, 0.15) is 46.9 Å². The summed E-state index contributed by atoms with van der Waals surface area (Å²) in [4.78, 5) is 64.2. The summed E-state index contributed by atoms with van der Waals surface area (Å²) in [6, 6.07) is 22.3. The fourth-order valence-corrected chi connectivity index (χ4v) is 8.21. The van der Waals surface area contributed by atoms with Crippen molar-refractivity contribution in [2.75, 3.05) is 18.9 Å². The molecule has 50 heavy (non-hydrogen) atoms. The number of carboxylic acid groups (broad SMARTS) is 2. The molecule has 0 bridgehead atoms. The SMILES string of the molecule is O=C(NCCCC(C(=O)N[C@H]1C(=O)N2C(C(=O)O)=C(CO)CS(=O)(=O)[C@@H]12)c1cccc(C(C(=O)O)c2ccccc2)c1)OCc1ccccc1. The number of benzene rings is 3. The van der Waals surface area contributed by atoms with Crippen molar-refractivity contribution in [1.29, 1.82) is 0 Å². The number of amides is 3. The molecule has 3 aromatic carbocycles. The number of carboxylic acids is 2. The molecule has 0 aliphatic carbocycles. The Kier molecular flexibility index (Phi) is 11.0. The van der Waals surface area contributed by atoms with E-state index in [1.165, 1.54) is 0 Å². The van der Waals surface area contributed by atoms with Gasteiger partial charge in [0.1, 0.15) is 24.3 Å². The van der Waals surface area contributed by atoms with E-state index in [-0.39, 0.29) is 31.6 Å². The van der Waals surface area contributed by atoms with Crippen LogP contribution in [-0.4, -0.2) is 88.8 Å². The number of aliphatic hydroxyl groups is 1. The molecule has 0 radical (unpaired) electrons. The summed E-state index contributed by atoms with van der Waals surface area (Å²) in [6.45, 7) is -0.755. The zero-order chi connectivity index (χ0) is 36.0. The van der Waals surface area contributed by atoms with Crippen LogP contribution in [0.5, 0.6) is 0 Å². The predicted molar refractivity (Wildman–Crippen MR) is 177 cm³/mol. The molecular formula is C35H35N3O11S. The third-order valence-electron chi connectivity index (χ3n) is 8.55. The Balaban J connectivity index is 1.36. The number of rotatable bonds is 14. The number of sulfone groups is 1. The summed E-state index contributed by atoms with van der Waals surface area (Å²) in [7, 11) is -4.20. The van der Waals surface area contributed by atoms with Gasteiger partial charge in [-0.05, 0) is 35.1 Å². The lowest BCUT2D eigenvalue weighted by molar-refractivity contribution is -0.151. The van der Waals surface area contributed by atoms with Gasteiger partial charge in [0.05, 0.1) is 18.3 Å². The van der Waals surface area contributed by atoms with Crippen LogP contribution in [0.15, 0.2) is 96.2 Å². The van der Waals surface area contributed by atoms with Crippen LogP contribution in [0, 0.1) is 0 Å². The van der Waals surface area contributed by atoms with E-state index in [0.29, 0.717) is 21.6 Å². The molecule has 5 rings (SSSR count). The van der Waals surface area contributed by atoms with Gasteiger partial charge in [0.25, 0.3) is 5.91 Å². The van der Waals surface area contributed by atoms with Crippen molar-refractivity contribution in [3.63, 3.8) is 0 Å². The molecule has 2 aliphatic rings. The van der Waals surface area contributed by atoms with Crippen molar-refractivity contribution >= 4 is 39.7 Å². The van der Waals surface area contributed by atoms with Crippen LogP contribution in [0.25, 0.3) is 0 Å². The van der Waals surface area contributed by atoms with E-state index in [1.54, 1.807) is 66.7 Å². The largest absolute Gasteiger partial charge is 0.481 e. The number of nitrogens with zero attached hydrogens (tertiary/aromatic N) is 1. The molecule has 5 N–H and O–H groups in total. The number of hydrogen-bond acceptors (Lipinski definition) is 9. The molecular weight excluding hydrogens is 670 g/mol. The molecule has 4 atom stereocenters. The molecule has 2 unspecified atom stereocenters. The normalized spacial score (nSPS) is 19.0. The van der Waals surface area contributed by atoms with Crippen molar-refractivity contribution in [2.45, 2.75) is 42.7 Å². The minimum absolute atomic E-state index is 0.0474. The Labute approximate surface area is 287 Å². The number of aliphatic hydroxyl groups excluding tert-OH is 1. The Morgan fingerprint density at radius 2 is 1.54 bits per heavy atom. The molecule has 0 spiro atoms. The van der Waals surface area contributed by atoms with Gasteiger partial charge in [-0.25, -0.2) is 18.0 Å². The van der Waals surface area contributed by atoms with Gasteiger partial charge in [-0.15, -0.1) is 0 Å².